The largest absolute Gasteiger partial charge is 0.431 e. The predicted octanol–water partition coefficient (Wildman–Crippen LogP) is 0.792. The molecule has 1 saturated heterocycles. The highest BCUT2D eigenvalue weighted by molar-refractivity contribution is 7.86. The Morgan fingerprint density at radius 2 is 2.05 bits per heavy atom. The lowest BCUT2D eigenvalue weighted by Gasteiger charge is -2.30. The molecule has 6 nitrogen and oxygen atoms in total. The van der Waals surface area contributed by atoms with Gasteiger partial charge in [0.15, 0.2) is 5.60 Å². The molecule has 0 bridgehead atoms. The van der Waals surface area contributed by atoms with E-state index < -0.39 is 57.4 Å². The number of carbonyl (C=O) groups is 1. The standard InChI is InChI=1S/C12H12F2O6S/c1-12(16,8-3-2-7(13)6-9(8)14)11-19-10(15)4-5-21(17,18)20-11/h2-3,6,11,16H,4-5H2,1H3/t11-,12?/m0/s1. The van der Waals surface area contributed by atoms with Gasteiger partial charge in [0.1, 0.15) is 11.6 Å². The molecular formula is C12H12F2O6S. The number of carbonyl (C=O) groups excluding carboxylic acids is 1. The SMILES string of the molecule is CC(O)(c1ccc(F)cc1F)[C@H]1OC(=O)CCS(=O)(=O)O1. The number of halogens is 2. The van der Waals surface area contributed by atoms with E-state index in [1.807, 2.05) is 0 Å². The molecule has 2 rings (SSSR count). The Morgan fingerprint density at radius 1 is 1.38 bits per heavy atom. The monoisotopic (exact) mass is 322 g/mol. The van der Waals surface area contributed by atoms with Gasteiger partial charge in [-0.25, -0.2) is 13.0 Å². The first-order chi connectivity index (χ1) is 9.62. The summed E-state index contributed by atoms with van der Waals surface area (Å²) in [5, 5.41) is 10.3. The van der Waals surface area contributed by atoms with Crippen molar-refractivity contribution in [3.63, 3.8) is 0 Å². The van der Waals surface area contributed by atoms with Crippen LogP contribution in [0.4, 0.5) is 8.78 Å². The molecule has 0 aromatic heterocycles. The van der Waals surface area contributed by atoms with Crippen LogP contribution in [0.3, 0.4) is 0 Å². The molecule has 0 amide bonds. The minimum atomic E-state index is -4.12. The summed E-state index contributed by atoms with van der Waals surface area (Å²) >= 11 is 0. The first kappa shape index (κ1) is 15.8. The molecule has 1 heterocycles. The Bertz CT molecular complexity index is 670. The van der Waals surface area contributed by atoms with E-state index in [-0.39, 0.29) is 0 Å². The molecule has 1 aliphatic heterocycles. The summed E-state index contributed by atoms with van der Waals surface area (Å²) in [5.74, 6) is -3.52. The quantitative estimate of drug-likeness (QED) is 0.639. The molecule has 0 spiro atoms. The highest BCUT2D eigenvalue weighted by Crippen LogP contribution is 2.32. The smallest absolute Gasteiger partial charge is 0.309 e. The van der Waals surface area contributed by atoms with Crippen molar-refractivity contribution in [3.8, 4) is 0 Å². The van der Waals surface area contributed by atoms with E-state index in [1.54, 1.807) is 0 Å². The average Bonchev–Trinajstić information content (AvgIpc) is 2.48. The number of benzene rings is 1. The zero-order chi connectivity index (χ0) is 15.8. The Labute approximate surface area is 119 Å². The van der Waals surface area contributed by atoms with Crippen LogP contribution in [-0.4, -0.2) is 31.5 Å². The lowest BCUT2D eigenvalue weighted by atomic mass is 9.94. The minimum Gasteiger partial charge on any atom is -0.431 e. The van der Waals surface area contributed by atoms with E-state index in [1.165, 1.54) is 0 Å². The molecule has 1 aliphatic rings. The zero-order valence-electron chi connectivity index (χ0n) is 10.9. The fourth-order valence-electron chi connectivity index (χ4n) is 1.82. The van der Waals surface area contributed by atoms with Gasteiger partial charge in [-0.2, -0.15) is 8.42 Å². The molecule has 2 atom stereocenters. The Morgan fingerprint density at radius 3 is 2.67 bits per heavy atom. The summed E-state index contributed by atoms with van der Waals surface area (Å²) in [7, 11) is -4.12. The number of hydrogen-bond donors (Lipinski definition) is 1. The van der Waals surface area contributed by atoms with Crippen molar-refractivity contribution in [1.82, 2.24) is 0 Å². The summed E-state index contributed by atoms with van der Waals surface area (Å²) in [6.45, 7) is 1.00. The molecule has 1 aromatic rings. The van der Waals surface area contributed by atoms with Crippen LogP contribution < -0.4 is 0 Å². The molecule has 0 saturated carbocycles. The van der Waals surface area contributed by atoms with Crippen molar-refractivity contribution < 1.29 is 36.0 Å². The molecule has 1 unspecified atom stereocenters. The van der Waals surface area contributed by atoms with Crippen LogP contribution in [0.2, 0.25) is 0 Å². The number of esters is 1. The van der Waals surface area contributed by atoms with Crippen molar-refractivity contribution in [2.45, 2.75) is 25.2 Å². The van der Waals surface area contributed by atoms with E-state index in [9.17, 15) is 27.1 Å². The van der Waals surface area contributed by atoms with Gasteiger partial charge in [0, 0.05) is 11.6 Å². The number of rotatable bonds is 2. The summed E-state index contributed by atoms with van der Waals surface area (Å²) in [5.41, 5.74) is -2.77. The van der Waals surface area contributed by atoms with Gasteiger partial charge in [-0.1, -0.05) is 6.07 Å². The molecule has 116 valence electrons. The van der Waals surface area contributed by atoms with Crippen molar-refractivity contribution in [1.29, 1.82) is 0 Å². The van der Waals surface area contributed by atoms with Crippen molar-refractivity contribution in [2.75, 3.05) is 5.75 Å². The Kier molecular flexibility index (Phi) is 4.00. The van der Waals surface area contributed by atoms with Gasteiger partial charge < -0.3 is 9.84 Å². The zero-order valence-corrected chi connectivity index (χ0v) is 11.7. The molecule has 0 radical (unpaired) electrons. The van der Waals surface area contributed by atoms with E-state index in [0.717, 1.165) is 19.1 Å². The van der Waals surface area contributed by atoms with Crippen LogP contribution in [0, 0.1) is 11.6 Å². The second-order valence-electron chi connectivity index (χ2n) is 4.70. The maximum atomic E-state index is 13.7. The Hall–Kier alpha value is -1.58. The second-order valence-corrected chi connectivity index (χ2v) is 6.42. The molecule has 21 heavy (non-hydrogen) atoms. The third-order valence-electron chi connectivity index (χ3n) is 2.96. The van der Waals surface area contributed by atoms with E-state index in [4.69, 9.17) is 4.74 Å². The summed E-state index contributed by atoms with van der Waals surface area (Å²) in [6, 6.07) is 2.30. The van der Waals surface area contributed by atoms with Crippen molar-refractivity contribution >= 4 is 16.1 Å². The average molecular weight is 322 g/mol. The number of hydrogen-bond acceptors (Lipinski definition) is 6. The first-order valence-corrected chi connectivity index (χ1v) is 7.48. The maximum Gasteiger partial charge on any atom is 0.309 e. The number of cyclic esters (lactones) is 1. The van der Waals surface area contributed by atoms with Crippen molar-refractivity contribution in [2.24, 2.45) is 0 Å². The lowest BCUT2D eigenvalue weighted by molar-refractivity contribution is -0.201. The van der Waals surface area contributed by atoms with Crippen LogP contribution >= 0.6 is 0 Å². The molecule has 1 aromatic carbocycles. The summed E-state index contributed by atoms with van der Waals surface area (Å²) < 4.78 is 59.0. The fraction of sp³-hybridized carbons (Fsp3) is 0.417. The van der Waals surface area contributed by atoms with Gasteiger partial charge in [-0.3, -0.25) is 4.79 Å². The molecule has 9 heteroatoms. The normalized spacial score (nSPS) is 24.8. The van der Waals surface area contributed by atoms with Crippen LogP contribution in [0.15, 0.2) is 18.2 Å². The van der Waals surface area contributed by atoms with Gasteiger partial charge >= 0.3 is 5.97 Å². The van der Waals surface area contributed by atoms with E-state index >= 15 is 0 Å². The van der Waals surface area contributed by atoms with Gasteiger partial charge in [0.2, 0.25) is 0 Å². The van der Waals surface area contributed by atoms with Gasteiger partial charge in [0.25, 0.3) is 16.4 Å². The third kappa shape index (κ3) is 3.36. The first-order valence-electron chi connectivity index (χ1n) is 5.90. The summed E-state index contributed by atoms with van der Waals surface area (Å²) in [4.78, 5) is 11.4. The van der Waals surface area contributed by atoms with Crippen LogP contribution in [-0.2, 0) is 29.4 Å². The molecule has 1 fully saturated rings. The van der Waals surface area contributed by atoms with Gasteiger partial charge in [0.05, 0.1) is 12.2 Å². The second kappa shape index (κ2) is 5.32. The third-order valence-corrected chi connectivity index (χ3v) is 4.14. The molecule has 1 N–H and O–H groups in total. The van der Waals surface area contributed by atoms with Gasteiger partial charge in [-0.15, -0.1) is 0 Å². The highest BCUT2D eigenvalue weighted by atomic mass is 32.2. The topological polar surface area (TPSA) is 89.9 Å². The minimum absolute atomic E-state index is 0.444. The number of ether oxygens (including phenoxy) is 1. The Balaban J connectivity index is 2.43. The summed E-state index contributed by atoms with van der Waals surface area (Å²) in [6.07, 6.45) is -2.40. The van der Waals surface area contributed by atoms with Crippen molar-refractivity contribution in [3.05, 3.63) is 35.4 Å². The van der Waals surface area contributed by atoms with Crippen LogP contribution in [0.25, 0.3) is 0 Å². The van der Waals surface area contributed by atoms with E-state index in [2.05, 4.69) is 4.18 Å². The molecular weight excluding hydrogens is 310 g/mol. The lowest BCUT2D eigenvalue weighted by Crippen LogP contribution is -2.42. The van der Waals surface area contributed by atoms with Crippen LogP contribution in [0.1, 0.15) is 18.9 Å². The maximum absolute atomic E-state index is 13.7. The van der Waals surface area contributed by atoms with Crippen LogP contribution in [0.5, 0.6) is 0 Å². The molecule has 0 aliphatic carbocycles. The number of aliphatic hydroxyl groups is 1. The van der Waals surface area contributed by atoms with Gasteiger partial charge in [-0.05, 0) is 13.0 Å². The predicted molar refractivity (Wildman–Crippen MR) is 65.3 cm³/mol. The van der Waals surface area contributed by atoms with E-state index in [0.29, 0.717) is 6.07 Å². The fourth-order valence-corrected chi connectivity index (χ4v) is 2.83. The highest BCUT2D eigenvalue weighted by Gasteiger charge is 2.44.